The molecule has 0 unspecified atom stereocenters. The van der Waals surface area contributed by atoms with Gasteiger partial charge in [-0.1, -0.05) is 0 Å². The summed E-state index contributed by atoms with van der Waals surface area (Å²) in [7, 11) is 0.744. The third kappa shape index (κ3) is 3.93. The summed E-state index contributed by atoms with van der Waals surface area (Å²) >= 11 is 0. The van der Waals surface area contributed by atoms with E-state index in [1.54, 1.807) is 14.1 Å². The highest BCUT2D eigenvalue weighted by atomic mass is 32.2. The Bertz CT molecular complexity index is 767. The maximum absolute atomic E-state index is 12.8. The van der Waals surface area contributed by atoms with Gasteiger partial charge in [-0.05, 0) is 31.0 Å². The van der Waals surface area contributed by atoms with Gasteiger partial charge in [0.1, 0.15) is 5.75 Å². The molecule has 1 heterocycles. The predicted molar refractivity (Wildman–Crippen MR) is 90.1 cm³/mol. The van der Waals surface area contributed by atoms with E-state index >= 15 is 0 Å². The number of aliphatic carboxylic acids is 1. The highest BCUT2D eigenvalue weighted by molar-refractivity contribution is 7.89. The summed E-state index contributed by atoms with van der Waals surface area (Å²) in [4.78, 5) is 24.6. The van der Waals surface area contributed by atoms with E-state index in [1.165, 1.54) is 34.5 Å². The van der Waals surface area contributed by atoms with Crippen molar-refractivity contribution in [2.24, 2.45) is 5.92 Å². The molecular formula is C16H22N2O6S. The molecular weight excluding hydrogens is 348 g/mol. The number of carboxylic acid groups (broad SMARTS) is 1. The SMILES string of the molecule is COc1ccc(S(=O)(=O)N2CCC(C(=O)O)CC2)cc1C(=O)N(C)C. The molecule has 1 aliphatic heterocycles. The number of piperidine rings is 1. The second-order valence-corrected chi connectivity index (χ2v) is 8.02. The summed E-state index contributed by atoms with van der Waals surface area (Å²) in [5.74, 6) is -1.49. The molecule has 0 aliphatic carbocycles. The molecule has 1 amide bonds. The zero-order valence-electron chi connectivity index (χ0n) is 14.4. The molecule has 0 radical (unpaired) electrons. The molecule has 0 atom stereocenters. The first kappa shape index (κ1) is 19.2. The maximum Gasteiger partial charge on any atom is 0.306 e. The number of carbonyl (C=O) groups is 2. The fourth-order valence-electron chi connectivity index (χ4n) is 2.75. The Balaban J connectivity index is 2.32. The van der Waals surface area contributed by atoms with Gasteiger partial charge < -0.3 is 14.7 Å². The predicted octanol–water partition coefficient (Wildman–Crippen LogP) is 0.882. The van der Waals surface area contributed by atoms with Crippen molar-refractivity contribution >= 4 is 21.9 Å². The van der Waals surface area contributed by atoms with Crippen LogP contribution in [0.1, 0.15) is 23.2 Å². The van der Waals surface area contributed by atoms with Gasteiger partial charge in [0.2, 0.25) is 10.0 Å². The lowest BCUT2D eigenvalue weighted by Gasteiger charge is -2.29. The van der Waals surface area contributed by atoms with Crippen LogP contribution >= 0.6 is 0 Å². The van der Waals surface area contributed by atoms with E-state index in [2.05, 4.69) is 0 Å². The number of rotatable bonds is 5. The summed E-state index contributed by atoms with van der Waals surface area (Å²) in [6, 6.07) is 4.15. The highest BCUT2D eigenvalue weighted by Gasteiger charge is 2.32. The Morgan fingerprint density at radius 2 is 1.84 bits per heavy atom. The Labute approximate surface area is 147 Å². The highest BCUT2D eigenvalue weighted by Crippen LogP contribution is 2.28. The number of amides is 1. The number of benzene rings is 1. The topological polar surface area (TPSA) is 104 Å². The number of carboxylic acids is 1. The minimum atomic E-state index is -3.80. The normalized spacial score (nSPS) is 16.4. The van der Waals surface area contributed by atoms with Gasteiger partial charge in [-0.2, -0.15) is 4.31 Å². The zero-order chi connectivity index (χ0) is 18.8. The molecule has 1 aromatic rings. The van der Waals surface area contributed by atoms with Crippen LogP contribution in [0, 0.1) is 5.92 Å². The van der Waals surface area contributed by atoms with Gasteiger partial charge in [-0.3, -0.25) is 9.59 Å². The fraction of sp³-hybridized carbons (Fsp3) is 0.500. The molecule has 8 nitrogen and oxygen atoms in total. The van der Waals surface area contributed by atoms with E-state index < -0.39 is 21.9 Å². The summed E-state index contributed by atoms with van der Waals surface area (Å²) in [6.45, 7) is 0.282. The van der Waals surface area contributed by atoms with Crippen molar-refractivity contribution in [2.75, 3.05) is 34.3 Å². The molecule has 2 rings (SSSR count). The van der Waals surface area contributed by atoms with Crippen LogP contribution in [0.25, 0.3) is 0 Å². The molecule has 1 N–H and O–H groups in total. The third-order valence-electron chi connectivity index (χ3n) is 4.25. The van der Waals surface area contributed by atoms with E-state index in [0.29, 0.717) is 5.75 Å². The quantitative estimate of drug-likeness (QED) is 0.825. The Kier molecular flexibility index (Phi) is 5.69. The van der Waals surface area contributed by atoms with Gasteiger partial charge in [0.05, 0.1) is 23.5 Å². The summed E-state index contributed by atoms with van der Waals surface area (Å²) in [6.07, 6.45) is 0.544. The molecule has 1 aliphatic rings. The molecule has 1 aromatic carbocycles. The molecule has 0 spiro atoms. The van der Waals surface area contributed by atoms with Gasteiger partial charge in [0, 0.05) is 27.2 Å². The summed E-state index contributed by atoms with van der Waals surface area (Å²) in [5.41, 5.74) is 0.161. The van der Waals surface area contributed by atoms with Crippen molar-refractivity contribution in [3.63, 3.8) is 0 Å². The van der Waals surface area contributed by atoms with E-state index in [4.69, 9.17) is 9.84 Å². The minimum absolute atomic E-state index is 0.00715. The van der Waals surface area contributed by atoms with Crippen molar-refractivity contribution in [3.8, 4) is 5.75 Å². The summed E-state index contributed by atoms with van der Waals surface area (Å²) in [5, 5.41) is 9.03. The van der Waals surface area contributed by atoms with Gasteiger partial charge in [0.25, 0.3) is 5.91 Å². The number of ether oxygens (including phenoxy) is 1. The lowest BCUT2D eigenvalue weighted by Crippen LogP contribution is -2.40. The average Bonchev–Trinajstić information content (AvgIpc) is 2.60. The monoisotopic (exact) mass is 370 g/mol. The van der Waals surface area contributed by atoms with E-state index in [0.717, 1.165) is 0 Å². The zero-order valence-corrected chi connectivity index (χ0v) is 15.2. The van der Waals surface area contributed by atoms with Gasteiger partial charge in [-0.15, -0.1) is 0 Å². The van der Waals surface area contributed by atoms with Crippen LogP contribution in [-0.4, -0.2) is 68.9 Å². The minimum Gasteiger partial charge on any atom is -0.496 e. The van der Waals surface area contributed by atoms with Gasteiger partial charge >= 0.3 is 5.97 Å². The van der Waals surface area contributed by atoms with Crippen LogP contribution in [0.5, 0.6) is 5.75 Å². The molecule has 1 saturated heterocycles. The standard InChI is InChI=1S/C16H22N2O6S/c1-17(2)15(19)13-10-12(4-5-14(13)24-3)25(22,23)18-8-6-11(7-9-18)16(20)21/h4-5,10-11H,6-9H2,1-3H3,(H,20,21). The molecule has 25 heavy (non-hydrogen) atoms. The van der Waals surface area contributed by atoms with Crippen LogP contribution in [0.4, 0.5) is 0 Å². The lowest BCUT2D eigenvalue weighted by molar-refractivity contribution is -0.142. The van der Waals surface area contributed by atoms with Gasteiger partial charge in [0.15, 0.2) is 0 Å². The number of hydrogen-bond donors (Lipinski definition) is 1. The molecule has 0 bridgehead atoms. The molecule has 0 aromatic heterocycles. The fourth-order valence-corrected chi connectivity index (χ4v) is 4.24. The smallest absolute Gasteiger partial charge is 0.306 e. The molecule has 1 fully saturated rings. The Morgan fingerprint density at radius 3 is 2.32 bits per heavy atom. The van der Waals surface area contributed by atoms with Crippen molar-refractivity contribution in [1.29, 1.82) is 0 Å². The number of carbonyl (C=O) groups excluding carboxylic acids is 1. The van der Waals surface area contributed by atoms with Crippen LogP contribution in [0.3, 0.4) is 0 Å². The second kappa shape index (κ2) is 7.40. The van der Waals surface area contributed by atoms with Crippen LogP contribution in [0.15, 0.2) is 23.1 Å². The molecule has 0 saturated carbocycles. The lowest BCUT2D eigenvalue weighted by atomic mass is 9.99. The van der Waals surface area contributed by atoms with Crippen LogP contribution in [0.2, 0.25) is 0 Å². The first-order valence-electron chi connectivity index (χ1n) is 7.81. The van der Waals surface area contributed by atoms with E-state index in [9.17, 15) is 18.0 Å². The number of nitrogens with zero attached hydrogens (tertiary/aromatic N) is 2. The Morgan fingerprint density at radius 1 is 1.24 bits per heavy atom. The molecule has 138 valence electrons. The van der Waals surface area contributed by atoms with Crippen LogP contribution < -0.4 is 4.74 Å². The maximum atomic E-state index is 12.8. The average molecular weight is 370 g/mol. The second-order valence-electron chi connectivity index (χ2n) is 6.08. The molecule has 9 heteroatoms. The number of hydrogen-bond acceptors (Lipinski definition) is 5. The van der Waals surface area contributed by atoms with E-state index in [-0.39, 0.29) is 42.3 Å². The van der Waals surface area contributed by atoms with E-state index in [1.807, 2.05) is 0 Å². The number of sulfonamides is 1. The first-order chi connectivity index (χ1) is 11.7. The van der Waals surface area contributed by atoms with Gasteiger partial charge in [-0.25, -0.2) is 8.42 Å². The van der Waals surface area contributed by atoms with Crippen LogP contribution in [-0.2, 0) is 14.8 Å². The number of methoxy groups -OCH3 is 1. The largest absolute Gasteiger partial charge is 0.496 e. The van der Waals surface area contributed by atoms with Crippen molar-refractivity contribution in [1.82, 2.24) is 9.21 Å². The first-order valence-corrected chi connectivity index (χ1v) is 9.25. The summed E-state index contributed by atoms with van der Waals surface area (Å²) < 4.78 is 32.1. The van der Waals surface area contributed by atoms with Crippen molar-refractivity contribution in [3.05, 3.63) is 23.8 Å². The van der Waals surface area contributed by atoms with Crippen molar-refractivity contribution in [2.45, 2.75) is 17.7 Å². The third-order valence-corrected chi connectivity index (χ3v) is 6.14. The van der Waals surface area contributed by atoms with Crippen molar-refractivity contribution < 1.29 is 27.9 Å². The Hall–Kier alpha value is -2.13.